The van der Waals surface area contributed by atoms with Crippen LogP contribution in [0.3, 0.4) is 0 Å². The van der Waals surface area contributed by atoms with Crippen molar-refractivity contribution in [3.05, 3.63) is 0 Å². The largest absolute Gasteiger partial charge is 0.393 e. The fourth-order valence-corrected chi connectivity index (χ4v) is 2.93. The van der Waals surface area contributed by atoms with Crippen LogP contribution >= 0.6 is 0 Å². The highest BCUT2D eigenvalue weighted by atomic mass is 16.3. The Morgan fingerprint density at radius 1 is 1.14 bits per heavy atom. The molecule has 0 aromatic carbocycles. The molecule has 1 aliphatic rings. The Balaban J connectivity index is 2.72. The predicted octanol–water partition coefficient (Wildman–Crippen LogP) is 2.05. The van der Waals surface area contributed by atoms with Gasteiger partial charge < -0.3 is 10.2 Å². The van der Waals surface area contributed by atoms with E-state index in [-0.39, 0.29) is 18.1 Å². The summed E-state index contributed by atoms with van der Waals surface area (Å²) in [7, 11) is 0. The van der Waals surface area contributed by atoms with E-state index in [0.29, 0.717) is 17.8 Å². The lowest BCUT2D eigenvalue weighted by Gasteiger charge is -2.42. The second kappa shape index (κ2) is 4.63. The summed E-state index contributed by atoms with van der Waals surface area (Å²) < 4.78 is 0. The molecule has 84 valence electrons. The number of aliphatic hydroxyl groups excluding tert-OH is 2. The lowest BCUT2D eigenvalue weighted by molar-refractivity contribution is -0.0751. The Bertz CT molecular complexity index is 177. The van der Waals surface area contributed by atoms with Crippen LogP contribution in [0.2, 0.25) is 0 Å². The Morgan fingerprint density at radius 2 is 1.71 bits per heavy atom. The van der Waals surface area contributed by atoms with E-state index in [0.717, 1.165) is 12.8 Å². The zero-order valence-electron chi connectivity index (χ0n) is 9.77. The first-order valence-electron chi connectivity index (χ1n) is 5.81. The lowest BCUT2D eigenvalue weighted by Crippen LogP contribution is -2.45. The highest BCUT2D eigenvalue weighted by molar-refractivity contribution is 4.89. The molecule has 0 unspecified atom stereocenters. The molecule has 14 heavy (non-hydrogen) atoms. The van der Waals surface area contributed by atoms with Gasteiger partial charge >= 0.3 is 0 Å². The van der Waals surface area contributed by atoms with E-state index in [9.17, 15) is 10.2 Å². The van der Waals surface area contributed by atoms with E-state index in [1.165, 1.54) is 0 Å². The highest BCUT2D eigenvalue weighted by Crippen LogP contribution is 2.39. The van der Waals surface area contributed by atoms with E-state index in [1.54, 1.807) is 6.92 Å². The maximum absolute atomic E-state index is 10.2. The van der Waals surface area contributed by atoms with Gasteiger partial charge in [0, 0.05) is 5.92 Å². The summed E-state index contributed by atoms with van der Waals surface area (Å²) in [6.45, 7) is 8.25. The zero-order valence-corrected chi connectivity index (χ0v) is 9.77. The van der Waals surface area contributed by atoms with E-state index < -0.39 is 0 Å². The van der Waals surface area contributed by atoms with Crippen LogP contribution in [0, 0.1) is 23.7 Å². The summed E-state index contributed by atoms with van der Waals surface area (Å²) in [5.74, 6) is 1.39. The molecular weight excluding hydrogens is 176 g/mol. The molecule has 0 aromatic rings. The van der Waals surface area contributed by atoms with Gasteiger partial charge in [-0.1, -0.05) is 20.8 Å². The number of rotatable bonds is 2. The minimum atomic E-state index is -0.387. The molecule has 0 aromatic heterocycles. The standard InChI is InChI=1S/C12H24O2/c1-7(2)10-6-5-8(3)11(9(4)13)12(10)14/h7-14H,5-6H2,1-4H3/t8-,9-,10+,11-,12+/m1/s1. The fraction of sp³-hybridized carbons (Fsp3) is 1.00. The third kappa shape index (κ3) is 2.29. The van der Waals surface area contributed by atoms with Crippen LogP contribution in [0.4, 0.5) is 0 Å². The van der Waals surface area contributed by atoms with Crippen molar-refractivity contribution in [2.75, 3.05) is 0 Å². The van der Waals surface area contributed by atoms with Crippen LogP contribution in [-0.4, -0.2) is 22.4 Å². The van der Waals surface area contributed by atoms with Gasteiger partial charge in [0.2, 0.25) is 0 Å². The van der Waals surface area contributed by atoms with E-state index in [1.807, 2.05) is 0 Å². The van der Waals surface area contributed by atoms with Crippen LogP contribution in [0.1, 0.15) is 40.5 Å². The van der Waals surface area contributed by atoms with Gasteiger partial charge in [-0.3, -0.25) is 0 Å². The van der Waals surface area contributed by atoms with Crippen LogP contribution in [-0.2, 0) is 0 Å². The monoisotopic (exact) mass is 200 g/mol. The van der Waals surface area contributed by atoms with Gasteiger partial charge in [-0.05, 0) is 37.5 Å². The van der Waals surface area contributed by atoms with Gasteiger partial charge in [0.15, 0.2) is 0 Å². The first-order valence-corrected chi connectivity index (χ1v) is 5.81. The summed E-state index contributed by atoms with van der Waals surface area (Å²) in [4.78, 5) is 0. The van der Waals surface area contributed by atoms with Crippen molar-refractivity contribution in [3.63, 3.8) is 0 Å². The van der Waals surface area contributed by atoms with Crippen molar-refractivity contribution < 1.29 is 10.2 Å². The van der Waals surface area contributed by atoms with Crippen molar-refractivity contribution in [2.45, 2.75) is 52.7 Å². The molecule has 5 atom stereocenters. The zero-order chi connectivity index (χ0) is 10.9. The summed E-state index contributed by atoms with van der Waals surface area (Å²) in [6.07, 6.45) is 1.53. The third-order valence-electron chi connectivity index (χ3n) is 3.86. The van der Waals surface area contributed by atoms with Gasteiger partial charge in [0.05, 0.1) is 12.2 Å². The molecule has 2 heteroatoms. The molecule has 1 fully saturated rings. The average Bonchev–Trinajstić information content (AvgIpc) is 2.02. The molecule has 0 spiro atoms. The number of hydrogen-bond donors (Lipinski definition) is 2. The van der Waals surface area contributed by atoms with E-state index in [2.05, 4.69) is 20.8 Å². The predicted molar refractivity (Wildman–Crippen MR) is 57.9 cm³/mol. The molecule has 2 N–H and O–H groups in total. The van der Waals surface area contributed by atoms with E-state index in [4.69, 9.17) is 0 Å². The summed E-state index contributed by atoms with van der Waals surface area (Å²) in [5, 5.41) is 19.8. The molecule has 0 amide bonds. The fourth-order valence-electron chi connectivity index (χ4n) is 2.93. The van der Waals surface area contributed by atoms with Crippen LogP contribution in [0.5, 0.6) is 0 Å². The highest BCUT2D eigenvalue weighted by Gasteiger charge is 2.39. The van der Waals surface area contributed by atoms with Crippen molar-refractivity contribution in [3.8, 4) is 0 Å². The topological polar surface area (TPSA) is 40.5 Å². The Labute approximate surface area is 87.3 Å². The summed E-state index contributed by atoms with van der Waals surface area (Å²) in [6, 6.07) is 0. The van der Waals surface area contributed by atoms with Crippen molar-refractivity contribution in [1.29, 1.82) is 0 Å². The van der Waals surface area contributed by atoms with Crippen LogP contribution in [0.25, 0.3) is 0 Å². The maximum atomic E-state index is 10.2. The summed E-state index contributed by atoms with van der Waals surface area (Å²) in [5.41, 5.74) is 0. The van der Waals surface area contributed by atoms with Gasteiger partial charge in [0.1, 0.15) is 0 Å². The SMILES string of the molecule is CC(C)[C@@H]1CC[C@@H](C)[C@H]([C@@H](C)O)[C@H]1O. The minimum Gasteiger partial charge on any atom is -0.393 e. The summed E-state index contributed by atoms with van der Waals surface area (Å²) >= 11 is 0. The first kappa shape index (κ1) is 12.0. The quantitative estimate of drug-likeness (QED) is 0.716. The van der Waals surface area contributed by atoms with Gasteiger partial charge in [0.25, 0.3) is 0 Å². The second-order valence-electron chi connectivity index (χ2n) is 5.27. The number of hydrogen-bond acceptors (Lipinski definition) is 2. The third-order valence-corrected chi connectivity index (χ3v) is 3.86. The molecule has 0 saturated heterocycles. The Morgan fingerprint density at radius 3 is 2.14 bits per heavy atom. The Hall–Kier alpha value is -0.0800. The molecule has 1 rings (SSSR count). The van der Waals surface area contributed by atoms with E-state index >= 15 is 0 Å². The minimum absolute atomic E-state index is 0.0659. The maximum Gasteiger partial charge on any atom is 0.0626 e. The van der Waals surface area contributed by atoms with Crippen molar-refractivity contribution >= 4 is 0 Å². The smallest absolute Gasteiger partial charge is 0.0626 e. The number of aliphatic hydroxyl groups is 2. The Kier molecular flexibility index (Phi) is 3.96. The van der Waals surface area contributed by atoms with Gasteiger partial charge in [-0.15, -0.1) is 0 Å². The molecular formula is C12H24O2. The molecule has 0 aliphatic heterocycles. The lowest BCUT2D eigenvalue weighted by atomic mass is 9.67. The molecule has 0 radical (unpaired) electrons. The molecule has 1 aliphatic carbocycles. The van der Waals surface area contributed by atoms with Crippen molar-refractivity contribution in [2.24, 2.45) is 23.7 Å². The van der Waals surface area contributed by atoms with Crippen LogP contribution < -0.4 is 0 Å². The van der Waals surface area contributed by atoms with Crippen molar-refractivity contribution in [1.82, 2.24) is 0 Å². The van der Waals surface area contributed by atoms with Crippen LogP contribution in [0.15, 0.2) is 0 Å². The molecule has 1 saturated carbocycles. The molecule has 2 nitrogen and oxygen atoms in total. The normalized spacial score (nSPS) is 41.4. The second-order valence-corrected chi connectivity index (χ2v) is 5.27. The van der Waals surface area contributed by atoms with Gasteiger partial charge in [-0.25, -0.2) is 0 Å². The first-order chi connectivity index (χ1) is 6.45. The molecule has 0 bridgehead atoms. The van der Waals surface area contributed by atoms with Gasteiger partial charge in [-0.2, -0.15) is 0 Å². The molecule has 0 heterocycles. The average molecular weight is 200 g/mol.